The molecule has 1 saturated heterocycles. The number of H-pyrrole nitrogens is 2. The van der Waals surface area contributed by atoms with Crippen molar-refractivity contribution in [1.82, 2.24) is 10.2 Å². The van der Waals surface area contributed by atoms with Crippen LogP contribution in [-0.4, -0.2) is 36.9 Å². The molecule has 5 N–H and O–H groups in total. The van der Waals surface area contributed by atoms with E-state index in [1.807, 2.05) is 0 Å². The predicted octanol–water partition coefficient (Wildman–Crippen LogP) is -0.480. The molecule has 2 aliphatic heterocycles. The van der Waals surface area contributed by atoms with Gasteiger partial charge in [0.25, 0.3) is 5.65 Å². The number of piperidine rings is 1. The Kier molecular flexibility index (Phi) is 2.99. The number of nitrogen functional groups attached to an aromatic ring is 1. The van der Waals surface area contributed by atoms with Crippen LogP contribution in [0.25, 0.3) is 11.0 Å². The summed E-state index contributed by atoms with van der Waals surface area (Å²) in [6, 6.07) is 0. The summed E-state index contributed by atoms with van der Waals surface area (Å²) < 4.78 is 0. The highest BCUT2D eigenvalue weighted by molar-refractivity contribution is 5.89. The zero-order valence-electron chi connectivity index (χ0n) is 12.6. The largest absolute Gasteiger partial charge is 0.382 e. The summed E-state index contributed by atoms with van der Waals surface area (Å²) in [5.74, 6) is 1.98. The molecule has 6 nitrogen and oxygen atoms in total. The lowest BCUT2D eigenvalue weighted by Gasteiger charge is -2.29. The number of fused-ring (bicyclic) bond motifs is 3. The Balaban J connectivity index is 1.91. The third-order valence-corrected chi connectivity index (χ3v) is 4.94. The Morgan fingerprint density at radius 3 is 2.86 bits per heavy atom. The van der Waals surface area contributed by atoms with Gasteiger partial charge in [0.05, 0.1) is 37.6 Å². The second-order valence-electron chi connectivity index (χ2n) is 6.47. The van der Waals surface area contributed by atoms with Gasteiger partial charge in [0.1, 0.15) is 12.4 Å². The second-order valence-corrected chi connectivity index (χ2v) is 6.47. The molecule has 4 heterocycles. The van der Waals surface area contributed by atoms with Crippen molar-refractivity contribution in [2.45, 2.75) is 32.2 Å². The minimum absolute atomic E-state index is 0.697. The summed E-state index contributed by atoms with van der Waals surface area (Å²) in [7, 11) is 2.27. The maximum absolute atomic E-state index is 6.11. The van der Waals surface area contributed by atoms with E-state index in [-0.39, 0.29) is 0 Å². The van der Waals surface area contributed by atoms with Crippen molar-refractivity contribution in [1.29, 1.82) is 0 Å². The van der Waals surface area contributed by atoms with Crippen LogP contribution < -0.4 is 20.5 Å². The third-order valence-electron chi connectivity index (χ3n) is 4.94. The van der Waals surface area contributed by atoms with Gasteiger partial charge in [0.15, 0.2) is 0 Å². The summed E-state index contributed by atoms with van der Waals surface area (Å²) in [5.41, 5.74) is 9.86. The normalized spacial score (nSPS) is 22.5. The SMILES string of the molecule is C[NH+]1CCc2c(c(N3CCCCC3)[nH+]c3n[nH]c(N)c23)C1. The van der Waals surface area contributed by atoms with Crippen LogP contribution in [-0.2, 0) is 13.0 Å². The van der Waals surface area contributed by atoms with E-state index in [0.717, 1.165) is 43.6 Å². The van der Waals surface area contributed by atoms with Crippen LogP contribution in [0, 0.1) is 0 Å². The van der Waals surface area contributed by atoms with Gasteiger partial charge in [-0.05, 0) is 29.9 Å². The van der Waals surface area contributed by atoms with E-state index in [1.165, 1.54) is 36.2 Å². The van der Waals surface area contributed by atoms with E-state index < -0.39 is 0 Å². The fraction of sp³-hybridized carbons (Fsp3) is 0.600. The number of nitrogens with zero attached hydrogens (tertiary/aromatic N) is 2. The van der Waals surface area contributed by atoms with Crippen molar-refractivity contribution in [3.8, 4) is 0 Å². The van der Waals surface area contributed by atoms with E-state index in [2.05, 4.69) is 27.1 Å². The molecule has 6 heteroatoms. The lowest BCUT2D eigenvalue weighted by molar-refractivity contribution is -0.895. The van der Waals surface area contributed by atoms with E-state index in [1.54, 1.807) is 4.90 Å². The molecule has 0 bridgehead atoms. The molecule has 0 aromatic carbocycles. The summed E-state index contributed by atoms with van der Waals surface area (Å²) >= 11 is 0. The highest BCUT2D eigenvalue weighted by atomic mass is 15.2. The van der Waals surface area contributed by atoms with Crippen LogP contribution in [0.1, 0.15) is 30.4 Å². The number of nitrogens with two attached hydrogens (primary N) is 1. The summed E-state index contributed by atoms with van der Waals surface area (Å²) in [5, 5.41) is 8.41. The maximum atomic E-state index is 6.11. The van der Waals surface area contributed by atoms with Gasteiger partial charge in [-0.25, -0.2) is 4.98 Å². The molecule has 21 heavy (non-hydrogen) atoms. The predicted molar refractivity (Wildman–Crippen MR) is 82.3 cm³/mol. The Morgan fingerprint density at radius 2 is 2.05 bits per heavy atom. The van der Waals surface area contributed by atoms with Gasteiger partial charge in [-0.15, -0.1) is 0 Å². The van der Waals surface area contributed by atoms with Crippen LogP contribution >= 0.6 is 0 Å². The summed E-state index contributed by atoms with van der Waals surface area (Å²) in [4.78, 5) is 7.63. The monoisotopic (exact) mass is 288 g/mol. The van der Waals surface area contributed by atoms with E-state index in [4.69, 9.17) is 5.73 Å². The Morgan fingerprint density at radius 1 is 1.24 bits per heavy atom. The molecule has 2 aliphatic rings. The fourth-order valence-corrected chi connectivity index (χ4v) is 3.82. The van der Waals surface area contributed by atoms with E-state index in [0.29, 0.717) is 5.82 Å². The molecule has 0 radical (unpaired) electrons. The van der Waals surface area contributed by atoms with E-state index >= 15 is 0 Å². The lowest BCUT2D eigenvalue weighted by atomic mass is 9.97. The maximum Gasteiger partial charge on any atom is 0.295 e. The summed E-state index contributed by atoms with van der Waals surface area (Å²) in [6.07, 6.45) is 5.00. The fourth-order valence-electron chi connectivity index (χ4n) is 3.82. The molecular formula is C15H24N6+2. The number of hydrogen-bond donors (Lipinski definition) is 3. The number of hydrogen-bond acceptors (Lipinski definition) is 3. The smallest absolute Gasteiger partial charge is 0.295 e. The average molecular weight is 288 g/mol. The molecule has 0 spiro atoms. The lowest BCUT2D eigenvalue weighted by Crippen LogP contribution is -3.08. The molecule has 0 aliphatic carbocycles. The number of aromatic nitrogens is 3. The molecular weight excluding hydrogens is 264 g/mol. The minimum Gasteiger partial charge on any atom is -0.382 e. The van der Waals surface area contributed by atoms with Gasteiger partial charge in [0, 0.05) is 6.42 Å². The van der Waals surface area contributed by atoms with Gasteiger partial charge < -0.3 is 10.6 Å². The minimum atomic E-state index is 0.697. The van der Waals surface area contributed by atoms with Gasteiger partial charge in [-0.1, -0.05) is 0 Å². The van der Waals surface area contributed by atoms with Gasteiger partial charge in [-0.3, -0.25) is 4.90 Å². The Bertz CT molecular complexity index is 670. The van der Waals surface area contributed by atoms with Crippen LogP contribution in [0.3, 0.4) is 0 Å². The van der Waals surface area contributed by atoms with Crippen LogP contribution in [0.5, 0.6) is 0 Å². The average Bonchev–Trinajstić information content (AvgIpc) is 2.88. The quantitative estimate of drug-likeness (QED) is 0.663. The third kappa shape index (κ3) is 2.05. The van der Waals surface area contributed by atoms with Crippen molar-refractivity contribution in [2.24, 2.45) is 0 Å². The number of aromatic amines is 2. The van der Waals surface area contributed by atoms with Crippen molar-refractivity contribution in [2.75, 3.05) is 37.3 Å². The standard InChI is InChI=1S/C15H22N6/c1-20-8-5-10-11(9-20)15(21-6-3-2-4-7-21)17-14-12(10)13(16)18-19-14/h2-9H2,1H3,(H3,16,17,18,19)/p+2. The highest BCUT2D eigenvalue weighted by Crippen LogP contribution is 2.30. The molecule has 1 unspecified atom stereocenters. The molecule has 0 saturated carbocycles. The highest BCUT2D eigenvalue weighted by Gasteiger charge is 2.31. The number of quaternary nitrogens is 1. The molecule has 1 atom stereocenters. The van der Waals surface area contributed by atoms with Crippen LogP contribution in [0.2, 0.25) is 0 Å². The number of rotatable bonds is 1. The van der Waals surface area contributed by atoms with Crippen molar-refractivity contribution in [3.05, 3.63) is 11.1 Å². The number of anilines is 2. The zero-order valence-corrected chi connectivity index (χ0v) is 12.6. The topological polar surface area (TPSA) is 76.5 Å². The zero-order chi connectivity index (χ0) is 14.4. The molecule has 2 aromatic heterocycles. The van der Waals surface area contributed by atoms with Gasteiger partial charge >= 0.3 is 0 Å². The first-order valence-electron chi connectivity index (χ1n) is 8.01. The van der Waals surface area contributed by atoms with Crippen molar-refractivity contribution >= 4 is 22.7 Å². The van der Waals surface area contributed by atoms with Gasteiger partial charge in [-0.2, -0.15) is 5.10 Å². The molecule has 112 valence electrons. The number of pyridine rings is 1. The first-order chi connectivity index (χ1) is 10.2. The first-order valence-corrected chi connectivity index (χ1v) is 8.01. The molecule has 0 amide bonds. The number of nitrogens with one attached hydrogen (secondary N) is 3. The second kappa shape index (κ2) is 4.87. The number of likely N-dealkylation sites (N-methyl/N-ethyl adjacent to an activating group) is 1. The van der Waals surface area contributed by atoms with Crippen molar-refractivity contribution < 1.29 is 9.88 Å². The van der Waals surface area contributed by atoms with Gasteiger partial charge in [0.2, 0.25) is 5.82 Å². The molecule has 4 rings (SSSR count). The summed E-state index contributed by atoms with van der Waals surface area (Å²) in [6.45, 7) is 4.52. The first kappa shape index (κ1) is 12.9. The van der Waals surface area contributed by atoms with Crippen LogP contribution in [0.15, 0.2) is 0 Å². The van der Waals surface area contributed by atoms with E-state index in [9.17, 15) is 0 Å². The molecule has 1 fully saturated rings. The Labute approximate surface area is 124 Å². The van der Waals surface area contributed by atoms with Crippen molar-refractivity contribution in [3.63, 3.8) is 0 Å². The Hall–Kier alpha value is -1.82. The molecule has 2 aromatic rings. The van der Waals surface area contributed by atoms with Crippen LogP contribution in [0.4, 0.5) is 11.6 Å².